The number of hydrogen-bond donors (Lipinski definition) is 3. The molecule has 0 atom stereocenters. The molecule has 5 heteroatoms. The topological polar surface area (TPSA) is 61.4 Å². The third-order valence-electron chi connectivity index (χ3n) is 2.42. The van der Waals surface area contributed by atoms with E-state index in [0.29, 0.717) is 6.54 Å². The first-order chi connectivity index (χ1) is 8.78. The Labute approximate surface area is 109 Å². The predicted octanol–water partition coefficient (Wildman–Crippen LogP) is 2.56. The zero-order valence-electron chi connectivity index (χ0n) is 9.72. The fourth-order valence-corrected chi connectivity index (χ4v) is 2.06. The van der Waals surface area contributed by atoms with Gasteiger partial charge in [0.25, 0.3) is 0 Å². The highest BCUT2D eigenvalue weighted by Gasteiger charge is 2.02. The van der Waals surface area contributed by atoms with E-state index >= 15 is 0 Å². The van der Waals surface area contributed by atoms with Crippen molar-refractivity contribution in [3.05, 3.63) is 52.9 Å². The number of anilines is 1. The molecule has 0 aliphatic heterocycles. The van der Waals surface area contributed by atoms with Crippen LogP contribution in [0, 0.1) is 0 Å². The number of aliphatic hydroxyl groups excluding tert-OH is 1. The summed E-state index contributed by atoms with van der Waals surface area (Å²) in [4.78, 5) is 11.6. The Morgan fingerprint density at radius 3 is 2.50 bits per heavy atom. The molecule has 2 aromatic rings. The normalized spacial score (nSPS) is 10.1. The smallest absolute Gasteiger partial charge is 0.320 e. The van der Waals surface area contributed by atoms with E-state index in [0.717, 1.165) is 16.1 Å². The van der Waals surface area contributed by atoms with Crippen molar-refractivity contribution >= 4 is 22.4 Å². The van der Waals surface area contributed by atoms with Gasteiger partial charge in [-0.2, -0.15) is 0 Å². The van der Waals surface area contributed by atoms with Crippen LogP contribution in [0.5, 0.6) is 0 Å². The molecule has 2 rings (SSSR count). The number of benzene rings is 1. The van der Waals surface area contributed by atoms with Crippen LogP contribution in [0.1, 0.15) is 11.1 Å². The van der Waals surface area contributed by atoms with Gasteiger partial charge in [0, 0.05) is 6.54 Å². The predicted molar refractivity (Wildman–Crippen MR) is 72.5 cm³/mol. The van der Waals surface area contributed by atoms with Crippen LogP contribution in [0.25, 0.3) is 0 Å². The van der Waals surface area contributed by atoms with E-state index in [4.69, 9.17) is 5.11 Å². The fourth-order valence-electron chi connectivity index (χ4n) is 1.45. The lowest BCUT2D eigenvalue weighted by Crippen LogP contribution is -2.27. The van der Waals surface area contributed by atoms with Crippen molar-refractivity contribution in [2.24, 2.45) is 0 Å². The highest BCUT2D eigenvalue weighted by Crippen LogP contribution is 2.14. The number of thiophene rings is 1. The molecule has 1 aromatic heterocycles. The Bertz CT molecular complexity index is 494. The molecule has 0 unspecified atom stereocenters. The maximum absolute atomic E-state index is 11.6. The van der Waals surface area contributed by atoms with Crippen molar-refractivity contribution in [2.45, 2.75) is 13.2 Å². The second kappa shape index (κ2) is 6.18. The Hall–Kier alpha value is -1.85. The molecule has 0 fully saturated rings. The average molecular weight is 262 g/mol. The molecule has 2 amide bonds. The minimum Gasteiger partial charge on any atom is -0.392 e. The second-order valence-corrected chi connectivity index (χ2v) is 4.71. The third-order valence-corrected chi connectivity index (χ3v) is 3.20. The van der Waals surface area contributed by atoms with Gasteiger partial charge in [-0.05, 0) is 28.6 Å². The zero-order chi connectivity index (χ0) is 12.8. The lowest BCUT2D eigenvalue weighted by atomic mass is 10.1. The molecule has 0 aliphatic rings. The average Bonchev–Trinajstić information content (AvgIpc) is 2.90. The quantitative estimate of drug-likeness (QED) is 0.793. The number of aliphatic hydroxyl groups is 1. The van der Waals surface area contributed by atoms with Gasteiger partial charge in [-0.3, -0.25) is 5.32 Å². The van der Waals surface area contributed by atoms with Crippen molar-refractivity contribution < 1.29 is 9.90 Å². The van der Waals surface area contributed by atoms with E-state index < -0.39 is 0 Å². The van der Waals surface area contributed by atoms with Gasteiger partial charge in [0.15, 0.2) is 0 Å². The largest absolute Gasteiger partial charge is 0.392 e. The number of carbonyl (C=O) groups is 1. The molecule has 4 nitrogen and oxygen atoms in total. The van der Waals surface area contributed by atoms with Crippen molar-refractivity contribution in [1.29, 1.82) is 0 Å². The number of rotatable bonds is 4. The summed E-state index contributed by atoms with van der Waals surface area (Å²) < 4.78 is 0. The van der Waals surface area contributed by atoms with E-state index in [2.05, 4.69) is 10.6 Å². The van der Waals surface area contributed by atoms with Crippen LogP contribution >= 0.6 is 11.3 Å². The fraction of sp³-hybridized carbons (Fsp3) is 0.154. The van der Waals surface area contributed by atoms with Crippen LogP contribution in [0.15, 0.2) is 41.8 Å². The van der Waals surface area contributed by atoms with E-state index in [-0.39, 0.29) is 12.6 Å². The summed E-state index contributed by atoms with van der Waals surface area (Å²) in [5.74, 6) is 0. The van der Waals surface area contributed by atoms with Crippen LogP contribution < -0.4 is 10.6 Å². The summed E-state index contributed by atoms with van der Waals surface area (Å²) in [6.45, 7) is 0.496. The molecule has 0 saturated heterocycles. The number of hydrogen-bond acceptors (Lipinski definition) is 3. The molecule has 0 radical (unpaired) electrons. The first-order valence-electron chi connectivity index (χ1n) is 5.55. The van der Waals surface area contributed by atoms with Crippen molar-refractivity contribution in [1.82, 2.24) is 5.32 Å². The summed E-state index contributed by atoms with van der Waals surface area (Å²) in [5.41, 5.74) is 1.86. The van der Waals surface area contributed by atoms with Crippen LogP contribution in [0.4, 0.5) is 9.80 Å². The standard InChI is InChI=1S/C13H14N2O2S/c16-9-11-5-3-10(4-6-11)8-14-13(17)15-12-2-1-7-18-12/h1-7,16H,8-9H2,(H2,14,15,17). The SMILES string of the molecule is O=C(NCc1ccc(CO)cc1)Nc1cccs1. The molecular formula is C13H14N2O2S. The van der Waals surface area contributed by atoms with Gasteiger partial charge < -0.3 is 10.4 Å². The van der Waals surface area contributed by atoms with Crippen molar-refractivity contribution in [3.63, 3.8) is 0 Å². The number of amides is 2. The Balaban J connectivity index is 1.81. The highest BCUT2D eigenvalue weighted by molar-refractivity contribution is 7.14. The summed E-state index contributed by atoms with van der Waals surface area (Å²) in [6.07, 6.45) is 0. The molecule has 0 aliphatic carbocycles. The second-order valence-electron chi connectivity index (χ2n) is 3.76. The summed E-state index contributed by atoms with van der Waals surface area (Å²) >= 11 is 1.48. The molecule has 3 N–H and O–H groups in total. The van der Waals surface area contributed by atoms with Gasteiger partial charge in [-0.1, -0.05) is 24.3 Å². The first-order valence-corrected chi connectivity index (χ1v) is 6.43. The lowest BCUT2D eigenvalue weighted by Gasteiger charge is -2.06. The number of urea groups is 1. The van der Waals surface area contributed by atoms with Gasteiger partial charge in [0.05, 0.1) is 11.6 Å². The van der Waals surface area contributed by atoms with Crippen molar-refractivity contribution in [2.75, 3.05) is 5.32 Å². The zero-order valence-corrected chi connectivity index (χ0v) is 10.5. The number of carbonyl (C=O) groups excluding carboxylic acids is 1. The Kier molecular flexibility index (Phi) is 4.33. The van der Waals surface area contributed by atoms with Crippen LogP contribution in [-0.4, -0.2) is 11.1 Å². The van der Waals surface area contributed by atoms with E-state index in [1.807, 2.05) is 41.8 Å². The molecule has 18 heavy (non-hydrogen) atoms. The number of nitrogens with one attached hydrogen (secondary N) is 2. The molecule has 0 bridgehead atoms. The first kappa shape index (κ1) is 12.6. The molecule has 94 valence electrons. The Morgan fingerprint density at radius 1 is 1.17 bits per heavy atom. The van der Waals surface area contributed by atoms with Gasteiger partial charge in [-0.15, -0.1) is 11.3 Å². The summed E-state index contributed by atoms with van der Waals surface area (Å²) in [7, 11) is 0. The molecule has 0 spiro atoms. The third kappa shape index (κ3) is 3.58. The minimum absolute atomic E-state index is 0.0343. The van der Waals surface area contributed by atoms with Gasteiger partial charge in [-0.25, -0.2) is 4.79 Å². The highest BCUT2D eigenvalue weighted by atomic mass is 32.1. The van der Waals surface area contributed by atoms with Gasteiger partial charge in [0.1, 0.15) is 0 Å². The monoisotopic (exact) mass is 262 g/mol. The molecule has 0 saturated carbocycles. The van der Waals surface area contributed by atoms with Crippen LogP contribution in [0.2, 0.25) is 0 Å². The van der Waals surface area contributed by atoms with Crippen LogP contribution in [-0.2, 0) is 13.2 Å². The van der Waals surface area contributed by atoms with E-state index in [1.165, 1.54) is 11.3 Å². The molecule has 1 heterocycles. The molecular weight excluding hydrogens is 248 g/mol. The van der Waals surface area contributed by atoms with E-state index in [1.54, 1.807) is 0 Å². The maximum Gasteiger partial charge on any atom is 0.320 e. The van der Waals surface area contributed by atoms with Crippen molar-refractivity contribution in [3.8, 4) is 0 Å². The summed E-state index contributed by atoms with van der Waals surface area (Å²) in [5, 5.41) is 17.2. The van der Waals surface area contributed by atoms with Gasteiger partial charge in [0.2, 0.25) is 0 Å². The maximum atomic E-state index is 11.6. The molecule has 1 aromatic carbocycles. The van der Waals surface area contributed by atoms with E-state index in [9.17, 15) is 4.79 Å². The van der Waals surface area contributed by atoms with Crippen LogP contribution in [0.3, 0.4) is 0 Å². The van der Waals surface area contributed by atoms with Gasteiger partial charge >= 0.3 is 6.03 Å². The lowest BCUT2D eigenvalue weighted by molar-refractivity contribution is 0.252. The Morgan fingerprint density at radius 2 is 1.89 bits per heavy atom. The minimum atomic E-state index is -0.219. The summed E-state index contributed by atoms with van der Waals surface area (Å²) in [6, 6.07) is 11.0.